The van der Waals surface area contributed by atoms with E-state index in [0.29, 0.717) is 4.67 Å². The quantitative estimate of drug-likeness (QED) is 0.675. The zero-order valence-electron chi connectivity index (χ0n) is 12.3. The van der Waals surface area contributed by atoms with Gasteiger partial charge in [-0.15, -0.1) is 10.2 Å². The summed E-state index contributed by atoms with van der Waals surface area (Å²) < 4.78 is 45.8. The molecule has 0 unspecified atom stereocenters. The Hall–Kier alpha value is -2.07. The van der Waals surface area contributed by atoms with Crippen LogP contribution in [0.15, 0.2) is 33.5 Å². The second kappa shape index (κ2) is 6.68. The highest BCUT2D eigenvalue weighted by Gasteiger charge is 2.35. The molecule has 0 atom stereocenters. The van der Waals surface area contributed by atoms with Gasteiger partial charge in [0.05, 0.1) is 5.02 Å². The van der Waals surface area contributed by atoms with Crippen LogP contribution in [-0.4, -0.2) is 27.0 Å². The Kier molecular flexibility index (Phi) is 4.74. The largest absolute Gasteiger partial charge is 0.444 e. The number of carbonyl (C=O) groups is 1. The van der Waals surface area contributed by atoms with Crippen molar-refractivity contribution in [3.8, 4) is 0 Å². The first-order chi connectivity index (χ1) is 11.8. The molecule has 1 amide bonds. The van der Waals surface area contributed by atoms with Crippen LogP contribution in [0.5, 0.6) is 0 Å². The van der Waals surface area contributed by atoms with Gasteiger partial charge >= 0.3 is 6.18 Å². The molecule has 3 aromatic rings. The van der Waals surface area contributed by atoms with E-state index in [-0.39, 0.29) is 35.2 Å². The van der Waals surface area contributed by atoms with Crippen LogP contribution in [-0.2, 0) is 12.6 Å². The van der Waals surface area contributed by atoms with Gasteiger partial charge in [0.2, 0.25) is 0 Å². The second-order valence-electron chi connectivity index (χ2n) is 4.99. The van der Waals surface area contributed by atoms with Gasteiger partial charge in [0.15, 0.2) is 16.1 Å². The molecule has 0 saturated carbocycles. The van der Waals surface area contributed by atoms with E-state index in [2.05, 4.69) is 31.4 Å². The number of nitrogens with zero attached hydrogens (tertiary/aromatic N) is 3. The fourth-order valence-corrected chi connectivity index (χ4v) is 2.71. The van der Waals surface area contributed by atoms with Crippen molar-refractivity contribution in [1.29, 1.82) is 0 Å². The number of aromatic nitrogens is 3. The minimum absolute atomic E-state index is 0.0923. The molecule has 0 aliphatic carbocycles. The van der Waals surface area contributed by atoms with Crippen LogP contribution in [0, 0.1) is 0 Å². The molecule has 3 aromatic heterocycles. The Labute approximate surface area is 152 Å². The maximum atomic E-state index is 13.0. The maximum Gasteiger partial charge on any atom is 0.420 e. The minimum atomic E-state index is -4.60. The van der Waals surface area contributed by atoms with E-state index >= 15 is 0 Å². The molecule has 6 nitrogen and oxygen atoms in total. The van der Waals surface area contributed by atoms with Gasteiger partial charge in [0, 0.05) is 19.2 Å². The molecule has 132 valence electrons. The molecule has 0 bridgehead atoms. The molecule has 0 fully saturated rings. The van der Waals surface area contributed by atoms with Crippen molar-refractivity contribution < 1.29 is 22.4 Å². The Balaban J connectivity index is 1.76. The van der Waals surface area contributed by atoms with E-state index in [0.717, 1.165) is 6.07 Å². The summed E-state index contributed by atoms with van der Waals surface area (Å²) in [6.45, 7) is 0.131. The van der Waals surface area contributed by atoms with Crippen LogP contribution in [0.3, 0.4) is 0 Å². The molecule has 0 spiro atoms. The SMILES string of the molecule is O=C(NCCc1nnc2c(C(F)(F)F)cc(Cl)cn12)c1ccc(Br)o1. The van der Waals surface area contributed by atoms with Crippen LogP contribution in [0.1, 0.15) is 21.9 Å². The zero-order valence-corrected chi connectivity index (χ0v) is 14.6. The van der Waals surface area contributed by atoms with Crippen LogP contribution < -0.4 is 5.32 Å². The zero-order chi connectivity index (χ0) is 18.2. The molecule has 3 rings (SSSR count). The standard InChI is InChI=1S/C14H9BrClF3N4O2/c15-10-2-1-9(25-10)13(24)20-4-3-11-21-22-12-8(14(17,18)19)5-7(16)6-23(11)12/h1-2,5-6H,3-4H2,(H,20,24). The van der Waals surface area contributed by atoms with Crippen molar-refractivity contribution >= 4 is 39.1 Å². The Morgan fingerprint density at radius 1 is 1.36 bits per heavy atom. The second-order valence-corrected chi connectivity index (χ2v) is 6.21. The Morgan fingerprint density at radius 2 is 2.12 bits per heavy atom. The summed E-state index contributed by atoms with van der Waals surface area (Å²) in [6, 6.07) is 3.86. The number of carbonyl (C=O) groups excluding carboxylic acids is 1. The molecule has 25 heavy (non-hydrogen) atoms. The van der Waals surface area contributed by atoms with E-state index in [1.807, 2.05) is 0 Å². The van der Waals surface area contributed by atoms with Crippen LogP contribution in [0.2, 0.25) is 5.02 Å². The summed E-state index contributed by atoms with van der Waals surface area (Å²) in [4.78, 5) is 11.9. The van der Waals surface area contributed by atoms with Crippen LogP contribution in [0.4, 0.5) is 13.2 Å². The molecular weight excluding hydrogens is 429 g/mol. The van der Waals surface area contributed by atoms with Crippen molar-refractivity contribution in [2.45, 2.75) is 12.6 Å². The summed E-state index contributed by atoms with van der Waals surface area (Å²) >= 11 is 8.85. The lowest BCUT2D eigenvalue weighted by molar-refractivity contribution is -0.136. The van der Waals surface area contributed by atoms with E-state index in [1.54, 1.807) is 6.07 Å². The molecule has 3 heterocycles. The fraction of sp³-hybridized carbons (Fsp3) is 0.214. The number of hydrogen-bond acceptors (Lipinski definition) is 4. The molecule has 0 aliphatic heterocycles. The molecule has 0 radical (unpaired) electrons. The van der Waals surface area contributed by atoms with Gasteiger partial charge in [-0.2, -0.15) is 13.2 Å². The number of fused-ring (bicyclic) bond motifs is 1. The lowest BCUT2D eigenvalue weighted by Gasteiger charge is -2.09. The van der Waals surface area contributed by atoms with Crippen LogP contribution >= 0.6 is 27.5 Å². The lowest BCUT2D eigenvalue weighted by atomic mass is 10.2. The summed E-state index contributed by atoms with van der Waals surface area (Å²) in [6.07, 6.45) is -3.14. The molecule has 1 N–H and O–H groups in total. The summed E-state index contributed by atoms with van der Waals surface area (Å²) in [7, 11) is 0. The highest BCUT2D eigenvalue weighted by molar-refractivity contribution is 9.10. The monoisotopic (exact) mass is 436 g/mol. The number of furan rings is 1. The van der Waals surface area contributed by atoms with Crippen molar-refractivity contribution in [2.24, 2.45) is 0 Å². The average Bonchev–Trinajstić information content (AvgIpc) is 3.12. The number of amides is 1. The van der Waals surface area contributed by atoms with Crippen molar-refractivity contribution in [3.63, 3.8) is 0 Å². The van der Waals surface area contributed by atoms with Gasteiger partial charge in [-0.25, -0.2) is 0 Å². The van der Waals surface area contributed by atoms with E-state index in [1.165, 1.54) is 16.7 Å². The predicted molar refractivity (Wildman–Crippen MR) is 85.4 cm³/mol. The van der Waals surface area contributed by atoms with E-state index in [9.17, 15) is 18.0 Å². The first-order valence-corrected chi connectivity index (χ1v) is 8.06. The van der Waals surface area contributed by atoms with E-state index < -0.39 is 17.6 Å². The number of halogens is 5. The lowest BCUT2D eigenvalue weighted by Crippen LogP contribution is -2.25. The molecule has 0 aromatic carbocycles. The topological polar surface area (TPSA) is 72.4 Å². The molecular formula is C14H9BrClF3N4O2. The fourth-order valence-electron chi connectivity index (χ4n) is 2.20. The number of alkyl halides is 3. The maximum absolute atomic E-state index is 13.0. The van der Waals surface area contributed by atoms with Gasteiger partial charge in [-0.1, -0.05) is 11.6 Å². The summed E-state index contributed by atoms with van der Waals surface area (Å²) in [5, 5.41) is 9.83. The van der Waals surface area contributed by atoms with Gasteiger partial charge in [0.1, 0.15) is 11.4 Å². The Morgan fingerprint density at radius 3 is 2.76 bits per heavy atom. The van der Waals surface area contributed by atoms with Gasteiger partial charge in [-0.05, 0) is 34.1 Å². The first kappa shape index (κ1) is 17.7. The molecule has 0 aliphatic rings. The van der Waals surface area contributed by atoms with Gasteiger partial charge in [0.25, 0.3) is 5.91 Å². The van der Waals surface area contributed by atoms with Gasteiger partial charge < -0.3 is 9.73 Å². The third-order valence-corrected chi connectivity index (χ3v) is 3.91. The predicted octanol–water partition coefficient (Wildman–Crippen LogP) is 3.73. The van der Waals surface area contributed by atoms with Crippen molar-refractivity contribution in [2.75, 3.05) is 6.54 Å². The highest BCUT2D eigenvalue weighted by atomic mass is 79.9. The molecule has 0 saturated heterocycles. The van der Waals surface area contributed by atoms with E-state index in [4.69, 9.17) is 16.0 Å². The first-order valence-electron chi connectivity index (χ1n) is 6.89. The third kappa shape index (κ3) is 3.79. The van der Waals surface area contributed by atoms with Crippen molar-refractivity contribution in [1.82, 2.24) is 19.9 Å². The summed E-state index contributed by atoms with van der Waals surface area (Å²) in [5.41, 5.74) is -1.31. The van der Waals surface area contributed by atoms with Gasteiger partial charge in [-0.3, -0.25) is 9.20 Å². The number of rotatable bonds is 4. The van der Waals surface area contributed by atoms with Crippen molar-refractivity contribution in [3.05, 3.63) is 51.2 Å². The van der Waals surface area contributed by atoms with Crippen LogP contribution in [0.25, 0.3) is 5.65 Å². The highest BCUT2D eigenvalue weighted by Crippen LogP contribution is 2.33. The minimum Gasteiger partial charge on any atom is -0.444 e. The molecule has 11 heteroatoms. The normalized spacial score (nSPS) is 11.9. The number of hydrogen-bond donors (Lipinski definition) is 1. The Bertz CT molecular complexity index is 938. The third-order valence-electron chi connectivity index (χ3n) is 3.28. The smallest absolute Gasteiger partial charge is 0.420 e. The average molecular weight is 438 g/mol. The number of pyridine rings is 1. The number of nitrogens with one attached hydrogen (secondary N) is 1. The summed E-state index contributed by atoms with van der Waals surface area (Å²) in [5.74, 6) is -0.0992.